The van der Waals surface area contributed by atoms with Crippen LogP contribution in [0.3, 0.4) is 0 Å². The van der Waals surface area contributed by atoms with E-state index in [1.165, 1.54) is 151 Å². The third kappa shape index (κ3) is 16.3. The van der Waals surface area contributed by atoms with Crippen LogP contribution in [-0.2, 0) is 12.8 Å². The van der Waals surface area contributed by atoms with E-state index in [9.17, 15) is 0 Å². The first-order valence-electron chi connectivity index (χ1n) is 18.8. The number of aryl methyl sites for hydroxylation is 2. The second-order valence-electron chi connectivity index (χ2n) is 13.0. The number of hydrogen-bond acceptors (Lipinski definition) is 2. The molecule has 0 atom stereocenters. The fourth-order valence-electron chi connectivity index (χ4n) is 6.09. The molecular formula is C44H60N2. The molecule has 2 aromatic heterocycles. The van der Waals surface area contributed by atoms with Crippen molar-refractivity contribution in [1.29, 1.82) is 0 Å². The van der Waals surface area contributed by atoms with Crippen molar-refractivity contribution in [2.45, 2.75) is 155 Å². The molecule has 46 heavy (non-hydrogen) atoms. The maximum atomic E-state index is 4.17. The summed E-state index contributed by atoms with van der Waals surface area (Å²) in [6, 6.07) is 12.7. The number of nitrogens with zero attached hydrogens (tertiary/aromatic N) is 2. The van der Waals surface area contributed by atoms with Crippen molar-refractivity contribution in [3.05, 3.63) is 94.6 Å². The van der Waals surface area contributed by atoms with E-state index in [1.54, 1.807) is 0 Å². The van der Waals surface area contributed by atoms with Gasteiger partial charge in [0, 0.05) is 47.0 Å². The first-order valence-corrected chi connectivity index (χ1v) is 18.8. The Kier molecular flexibility index (Phi) is 20.0. The van der Waals surface area contributed by atoms with E-state index in [0.29, 0.717) is 0 Å². The zero-order chi connectivity index (χ0) is 32.3. The molecule has 0 unspecified atom stereocenters. The number of rotatable bonds is 22. The van der Waals surface area contributed by atoms with Gasteiger partial charge >= 0.3 is 0 Å². The summed E-state index contributed by atoms with van der Waals surface area (Å²) in [5.41, 5.74) is 7.04. The molecule has 0 spiro atoms. The van der Waals surface area contributed by atoms with Gasteiger partial charge in [0.1, 0.15) is 0 Å². The van der Waals surface area contributed by atoms with Gasteiger partial charge in [-0.25, -0.2) is 0 Å². The zero-order valence-electron chi connectivity index (χ0n) is 29.2. The van der Waals surface area contributed by atoms with Crippen LogP contribution in [0.15, 0.2) is 61.2 Å². The highest BCUT2D eigenvalue weighted by atomic mass is 14.6. The summed E-state index contributed by atoms with van der Waals surface area (Å²) < 4.78 is 0. The summed E-state index contributed by atoms with van der Waals surface area (Å²) in [5.74, 6) is 14.0. The quantitative estimate of drug-likeness (QED) is 0.0829. The summed E-state index contributed by atoms with van der Waals surface area (Å²) in [4.78, 5) is 8.34. The van der Waals surface area contributed by atoms with E-state index in [2.05, 4.69) is 59.6 Å². The van der Waals surface area contributed by atoms with Gasteiger partial charge in [-0.2, -0.15) is 0 Å². The van der Waals surface area contributed by atoms with Crippen molar-refractivity contribution in [3.8, 4) is 23.7 Å². The molecule has 2 nitrogen and oxygen atoms in total. The van der Waals surface area contributed by atoms with Crippen LogP contribution < -0.4 is 0 Å². The largest absolute Gasteiger partial charge is 0.265 e. The van der Waals surface area contributed by atoms with Gasteiger partial charge in [0.05, 0.1) is 0 Å². The Bertz CT molecular complexity index is 1220. The van der Waals surface area contributed by atoms with Crippen molar-refractivity contribution < 1.29 is 0 Å². The first kappa shape index (κ1) is 37.1. The minimum Gasteiger partial charge on any atom is -0.265 e. The minimum absolute atomic E-state index is 1.01. The molecule has 2 heterocycles. The van der Waals surface area contributed by atoms with Gasteiger partial charge in [0.15, 0.2) is 0 Å². The van der Waals surface area contributed by atoms with E-state index < -0.39 is 0 Å². The van der Waals surface area contributed by atoms with Gasteiger partial charge in [-0.3, -0.25) is 9.97 Å². The van der Waals surface area contributed by atoms with Gasteiger partial charge in [-0.05, 0) is 73.2 Å². The van der Waals surface area contributed by atoms with Crippen LogP contribution in [0.25, 0.3) is 0 Å². The lowest BCUT2D eigenvalue weighted by atomic mass is 9.92. The smallest absolute Gasteiger partial charge is 0.0284 e. The van der Waals surface area contributed by atoms with Crippen molar-refractivity contribution in [1.82, 2.24) is 9.97 Å². The number of unbranched alkanes of at least 4 members (excludes halogenated alkanes) is 18. The van der Waals surface area contributed by atoms with Crippen molar-refractivity contribution in [2.24, 2.45) is 0 Å². The molecule has 0 amide bonds. The van der Waals surface area contributed by atoms with Crippen molar-refractivity contribution in [2.75, 3.05) is 0 Å². The molecule has 0 aliphatic carbocycles. The van der Waals surface area contributed by atoms with Crippen LogP contribution in [0.1, 0.15) is 176 Å². The maximum Gasteiger partial charge on any atom is 0.0284 e. The molecule has 0 saturated heterocycles. The molecular weight excluding hydrogens is 556 g/mol. The van der Waals surface area contributed by atoms with E-state index in [-0.39, 0.29) is 0 Å². The minimum atomic E-state index is 1.01. The van der Waals surface area contributed by atoms with Gasteiger partial charge in [-0.15, -0.1) is 0 Å². The van der Waals surface area contributed by atoms with E-state index >= 15 is 0 Å². The molecule has 3 rings (SSSR count). The second kappa shape index (κ2) is 24.8. The number of pyridine rings is 2. The summed E-state index contributed by atoms with van der Waals surface area (Å²) in [7, 11) is 0. The van der Waals surface area contributed by atoms with Gasteiger partial charge in [-0.1, -0.05) is 153 Å². The van der Waals surface area contributed by atoms with Crippen molar-refractivity contribution >= 4 is 0 Å². The lowest BCUT2D eigenvalue weighted by Gasteiger charge is -2.12. The molecule has 0 aliphatic heterocycles. The number of hydrogen-bond donors (Lipinski definition) is 0. The molecule has 0 bridgehead atoms. The van der Waals surface area contributed by atoms with Gasteiger partial charge in [0.25, 0.3) is 0 Å². The molecule has 1 aromatic carbocycles. The molecule has 2 heteroatoms. The highest BCUT2D eigenvalue weighted by Crippen LogP contribution is 2.22. The lowest BCUT2D eigenvalue weighted by molar-refractivity contribution is 0.555. The average molecular weight is 617 g/mol. The fourth-order valence-corrected chi connectivity index (χ4v) is 6.09. The predicted octanol–water partition coefficient (Wildman–Crippen LogP) is 12.2. The molecule has 0 saturated carbocycles. The third-order valence-electron chi connectivity index (χ3n) is 8.97. The van der Waals surface area contributed by atoms with Crippen LogP contribution in [0.4, 0.5) is 0 Å². The summed E-state index contributed by atoms with van der Waals surface area (Å²) in [6.45, 7) is 4.58. The van der Waals surface area contributed by atoms with Gasteiger partial charge in [0.2, 0.25) is 0 Å². The van der Waals surface area contributed by atoms with E-state index in [4.69, 9.17) is 0 Å². The monoisotopic (exact) mass is 616 g/mol. The number of aromatic nitrogens is 2. The van der Waals surface area contributed by atoms with Crippen LogP contribution in [0.2, 0.25) is 0 Å². The van der Waals surface area contributed by atoms with E-state index in [1.807, 2.05) is 49.1 Å². The fraction of sp³-hybridized carbons (Fsp3) is 0.545. The van der Waals surface area contributed by atoms with Gasteiger partial charge < -0.3 is 0 Å². The second-order valence-corrected chi connectivity index (χ2v) is 13.0. The zero-order valence-corrected chi connectivity index (χ0v) is 29.2. The standard InChI is InChI=1S/C44H60N2/c1-3-5-7-9-11-13-15-17-19-21-23-41-37-44(28-26-40-31-35-46-36-32-40)42(24-22-20-18-16-14-12-10-8-6-4-2)38-43(41)27-25-39-29-33-45-34-30-39/h29-38H,3-24H2,1-2H3. The molecule has 246 valence electrons. The van der Waals surface area contributed by atoms with Crippen LogP contribution in [0, 0.1) is 23.7 Å². The summed E-state index contributed by atoms with van der Waals surface area (Å²) in [6.07, 6.45) is 36.4. The SMILES string of the molecule is CCCCCCCCCCCCc1cc(C#Cc2ccncc2)c(CCCCCCCCCCCC)cc1C#Cc1ccncc1. The highest BCUT2D eigenvalue weighted by Gasteiger charge is 2.09. The van der Waals surface area contributed by atoms with Crippen LogP contribution in [0.5, 0.6) is 0 Å². The summed E-state index contributed by atoms with van der Waals surface area (Å²) >= 11 is 0. The van der Waals surface area contributed by atoms with Crippen LogP contribution >= 0.6 is 0 Å². The maximum absolute atomic E-state index is 4.17. The Labute approximate surface area is 282 Å². The molecule has 0 radical (unpaired) electrons. The van der Waals surface area contributed by atoms with E-state index in [0.717, 1.165) is 24.0 Å². The highest BCUT2D eigenvalue weighted by molar-refractivity contribution is 5.55. The molecule has 3 aromatic rings. The molecule has 0 aliphatic rings. The number of benzene rings is 1. The Morgan fingerprint density at radius 1 is 0.391 bits per heavy atom. The first-order chi connectivity index (χ1) is 22.8. The average Bonchev–Trinajstić information content (AvgIpc) is 3.09. The molecule has 0 N–H and O–H groups in total. The van der Waals surface area contributed by atoms with Crippen LogP contribution in [-0.4, -0.2) is 9.97 Å². The lowest BCUT2D eigenvalue weighted by Crippen LogP contribution is -1.99. The summed E-state index contributed by atoms with van der Waals surface area (Å²) in [5, 5.41) is 0. The Morgan fingerprint density at radius 2 is 0.696 bits per heavy atom. The topological polar surface area (TPSA) is 25.8 Å². The normalized spacial score (nSPS) is 10.7. The Morgan fingerprint density at radius 3 is 1.02 bits per heavy atom. The third-order valence-corrected chi connectivity index (χ3v) is 8.97. The molecule has 0 fully saturated rings. The Hall–Kier alpha value is -3.36. The Balaban J connectivity index is 1.69. The van der Waals surface area contributed by atoms with Crippen molar-refractivity contribution in [3.63, 3.8) is 0 Å². The predicted molar refractivity (Wildman–Crippen MR) is 198 cm³/mol.